The van der Waals surface area contributed by atoms with Crippen molar-refractivity contribution in [1.82, 2.24) is 0 Å². The van der Waals surface area contributed by atoms with E-state index in [1.807, 2.05) is 0 Å². The molecule has 0 aromatic heterocycles. The van der Waals surface area contributed by atoms with Crippen molar-refractivity contribution in [1.29, 1.82) is 0 Å². The summed E-state index contributed by atoms with van der Waals surface area (Å²) in [7, 11) is 0. The number of aryl methyl sites for hydroxylation is 1. The summed E-state index contributed by atoms with van der Waals surface area (Å²) in [6.07, 6.45) is 8.01. The molecule has 0 heterocycles. The summed E-state index contributed by atoms with van der Waals surface area (Å²) in [5, 5.41) is 0. The summed E-state index contributed by atoms with van der Waals surface area (Å²) in [4.78, 5) is 0. The van der Waals surface area contributed by atoms with E-state index in [2.05, 4.69) is 77.2 Å². The maximum atomic E-state index is 2.54. The van der Waals surface area contributed by atoms with Gasteiger partial charge in [-0.3, -0.25) is 0 Å². The molecule has 0 spiro atoms. The first-order valence-corrected chi connectivity index (χ1v) is 17.2. The summed E-state index contributed by atoms with van der Waals surface area (Å²) in [5.41, 5.74) is 15.5. The number of halogens is 2. The van der Waals surface area contributed by atoms with Gasteiger partial charge in [0.1, 0.15) is 0 Å². The first-order chi connectivity index (χ1) is 12.4. The summed E-state index contributed by atoms with van der Waals surface area (Å²) in [6.45, 7) is 14.4. The second-order valence-electron chi connectivity index (χ2n) is 7.98. The van der Waals surface area contributed by atoms with Gasteiger partial charge in [0.25, 0.3) is 0 Å². The Labute approximate surface area is 193 Å². The molecule has 4 heteroatoms. The van der Waals surface area contributed by atoms with E-state index in [0.717, 1.165) is 10.0 Å². The topological polar surface area (TPSA) is 0 Å². The average molecular weight is 506 g/mol. The van der Waals surface area contributed by atoms with Crippen molar-refractivity contribution in [3.63, 3.8) is 0 Å². The fourth-order valence-electron chi connectivity index (χ4n) is 4.71. The molecule has 28 heavy (non-hydrogen) atoms. The van der Waals surface area contributed by atoms with E-state index in [4.69, 9.17) is 0 Å². The molecule has 0 radical (unpaired) electrons. The van der Waals surface area contributed by atoms with Crippen LogP contribution in [0.4, 0.5) is 0 Å². The predicted molar refractivity (Wildman–Crippen MR) is 112 cm³/mol. The van der Waals surface area contributed by atoms with E-state index in [1.54, 1.807) is 27.8 Å². The van der Waals surface area contributed by atoms with Gasteiger partial charge in [-0.15, -0.1) is 0 Å². The van der Waals surface area contributed by atoms with Crippen LogP contribution < -0.4 is 24.8 Å². The van der Waals surface area contributed by atoms with Crippen LogP contribution in [0.3, 0.4) is 0 Å². The molecule has 4 rings (SSSR count). The largest absolute Gasteiger partial charge is 1.00 e. The van der Waals surface area contributed by atoms with Crippen molar-refractivity contribution in [2.45, 2.75) is 50.8 Å². The first kappa shape index (κ1) is 23.9. The van der Waals surface area contributed by atoms with E-state index < -0.39 is 21.9 Å². The van der Waals surface area contributed by atoms with Gasteiger partial charge < -0.3 is 24.8 Å². The molecule has 0 nitrogen and oxygen atoms in total. The third-order valence-electron chi connectivity index (χ3n) is 6.09. The Bertz CT molecular complexity index is 1030. The van der Waals surface area contributed by atoms with Gasteiger partial charge in [-0.2, -0.15) is 0 Å². The first-order valence-electron chi connectivity index (χ1n) is 9.58. The zero-order valence-corrected chi connectivity index (χ0v) is 22.5. The van der Waals surface area contributed by atoms with Crippen LogP contribution in [-0.2, 0) is 21.9 Å². The Morgan fingerprint density at radius 3 is 2.18 bits per heavy atom. The van der Waals surface area contributed by atoms with Gasteiger partial charge in [0.05, 0.1) is 0 Å². The monoisotopic (exact) mass is 503 g/mol. The molecule has 0 N–H and O–H groups in total. The van der Waals surface area contributed by atoms with Crippen molar-refractivity contribution in [3.05, 3.63) is 75.4 Å². The van der Waals surface area contributed by atoms with E-state index >= 15 is 0 Å². The molecule has 145 valence electrons. The molecule has 1 unspecified atom stereocenters. The van der Waals surface area contributed by atoms with E-state index in [-0.39, 0.29) is 30.2 Å². The standard InChI is InChI=1S/C22H21.C2H6Si.2ClH.Zr/c1-13-8-7-11-18-12-19-21(17-9-5-6-10-17)15(3)14(2)16(4)22(19)20(13)18;1-3-2;;;/h5-9,11-12H,10H2,1-4H3;1-2H3;2*1H;/q;;;;+2/p-2. The fourth-order valence-corrected chi connectivity index (χ4v) is 13.4. The van der Waals surface area contributed by atoms with Gasteiger partial charge in [0.15, 0.2) is 0 Å². The molecular formula is C24H27Cl2SiZr. The fraction of sp³-hybridized carbons (Fsp3) is 0.333. The number of hydrogen-bond acceptors (Lipinski definition) is 0. The van der Waals surface area contributed by atoms with E-state index in [1.165, 1.54) is 27.8 Å². The van der Waals surface area contributed by atoms with Crippen molar-refractivity contribution in [2.24, 2.45) is 0 Å². The summed E-state index contributed by atoms with van der Waals surface area (Å²) >= 11 is -0.479. The Morgan fingerprint density at radius 2 is 1.57 bits per heavy atom. The van der Waals surface area contributed by atoms with Crippen LogP contribution >= 0.6 is 0 Å². The number of fused-ring (bicyclic) bond motifs is 3. The molecule has 2 aliphatic carbocycles. The maximum Gasteiger partial charge on any atom is -1.00 e. The molecule has 0 amide bonds. The average Bonchev–Trinajstić information content (AvgIpc) is 3.21. The van der Waals surface area contributed by atoms with Crippen molar-refractivity contribution < 1.29 is 46.7 Å². The number of allylic oxidation sites excluding steroid dienone is 4. The molecule has 2 aromatic carbocycles. The molecule has 0 aliphatic heterocycles. The van der Waals surface area contributed by atoms with Crippen LogP contribution in [-0.4, -0.2) is 5.43 Å². The summed E-state index contributed by atoms with van der Waals surface area (Å²) in [6, 6.07) is 7.04. The van der Waals surface area contributed by atoms with Gasteiger partial charge in [0.2, 0.25) is 0 Å². The van der Waals surface area contributed by atoms with E-state index in [0.29, 0.717) is 0 Å². The minimum absolute atomic E-state index is 0. The van der Waals surface area contributed by atoms with Gasteiger partial charge in [-0.1, -0.05) is 0 Å². The molecule has 1 atom stereocenters. The smallest absolute Gasteiger partial charge is 1.00 e. The molecule has 2 aromatic rings. The van der Waals surface area contributed by atoms with E-state index in [9.17, 15) is 0 Å². The zero-order chi connectivity index (χ0) is 18.6. The Morgan fingerprint density at radius 1 is 0.893 bits per heavy atom. The van der Waals surface area contributed by atoms with Crippen LogP contribution in [0, 0.1) is 27.7 Å². The minimum Gasteiger partial charge on any atom is -1.00 e. The van der Waals surface area contributed by atoms with Crippen LogP contribution in [0.5, 0.6) is 0 Å². The van der Waals surface area contributed by atoms with Crippen LogP contribution in [0.15, 0.2) is 36.4 Å². The Kier molecular flexibility index (Phi) is 7.82. The normalized spacial score (nSPS) is 15.8. The third kappa shape index (κ3) is 3.71. The van der Waals surface area contributed by atoms with Crippen LogP contribution in [0.1, 0.15) is 49.0 Å². The molecule has 2 aliphatic rings. The Hall–Kier alpha value is -0.400. The predicted octanol–water partition coefficient (Wildman–Crippen LogP) is 0.675. The van der Waals surface area contributed by atoms with Crippen molar-refractivity contribution in [2.75, 3.05) is 0 Å². The number of rotatable bonds is 2. The number of hydrogen-bond donors (Lipinski definition) is 0. The van der Waals surface area contributed by atoms with Crippen LogP contribution in [0.2, 0.25) is 13.1 Å². The number of benzene rings is 2. The quantitative estimate of drug-likeness (QED) is 0.527. The van der Waals surface area contributed by atoms with Gasteiger partial charge >= 0.3 is 170 Å². The van der Waals surface area contributed by atoms with Gasteiger partial charge in [-0.25, -0.2) is 0 Å². The SMILES string of the molecule is Cc1cccc2c1-c1c(C)c(C)c(C)c(C3=CC=CC3)c1[CH]2[Zr+2]=[Si](C)C.[Cl-].[Cl-]. The molecule has 0 fully saturated rings. The third-order valence-corrected chi connectivity index (χ3v) is 14.8. The summed E-state index contributed by atoms with van der Waals surface area (Å²) in [5.74, 6) is 0. The second-order valence-corrected chi connectivity index (χ2v) is 21.2. The maximum absolute atomic E-state index is 2.54. The molecule has 0 saturated carbocycles. The second kappa shape index (κ2) is 9.17. The minimum atomic E-state index is -0.479. The van der Waals surface area contributed by atoms with Crippen molar-refractivity contribution >= 4 is 11.0 Å². The molecule has 0 bridgehead atoms. The van der Waals surface area contributed by atoms with Gasteiger partial charge in [-0.05, 0) is 0 Å². The molecular weight excluding hydrogens is 478 g/mol. The Balaban J connectivity index is 0.00000140. The molecule has 0 saturated heterocycles. The zero-order valence-electron chi connectivity index (χ0n) is 17.5. The van der Waals surface area contributed by atoms with Crippen molar-refractivity contribution in [3.8, 4) is 11.1 Å². The van der Waals surface area contributed by atoms with Gasteiger partial charge in [0, 0.05) is 0 Å². The van der Waals surface area contributed by atoms with Crippen LogP contribution in [0.25, 0.3) is 16.7 Å². The summed E-state index contributed by atoms with van der Waals surface area (Å²) < 4.78 is 0.738.